The molecule has 1 atom stereocenters. The Morgan fingerprint density at radius 2 is 2.05 bits per heavy atom. The summed E-state index contributed by atoms with van der Waals surface area (Å²) in [6, 6.07) is 7.02. The number of benzene rings is 1. The molecule has 4 rings (SSSR count). The molecular formula is C19H24N2S. The maximum absolute atomic E-state index is 4.97. The van der Waals surface area contributed by atoms with E-state index < -0.39 is 0 Å². The van der Waals surface area contributed by atoms with Crippen LogP contribution in [0.25, 0.3) is 11.3 Å². The summed E-state index contributed by atoms with van der Waals surface area (Å²) in [6.45, 7) is 4.63. The van der Waals surface area contributed by atoms with Crippen LogP contribution < -0.4 is 5.32 Å². The first kappa shape index (κ1) is 14.4. The summed E-state index contributed by atoms with van der Waals surface area (Å²) >= 11 is 1.85. The molecule has 0 amide bonds. The van der Waals surface area contributed by atoms with E-state index in [-0.39, 0.29) is 0 Å². The first-order valence-corrected chi connectivity index (χ1v) is 9.48. The van der Waals surface area contributed by atoms with E-state index in [4.69, 9.17) is 4.98 Å². The van der Waals surface area contributed by atoms with Crippen LogP contribution in [0.4, 0.5) is 0 Å². The summed E-state index contributed by atoms with van der Waals surface area (Å²) in [5.74, 6) is 1.36. The fourth-order valence-corrected chi connectivity index (χ4v) is 4.87. The van der Waals surface area contributed by atoms with Gasteiger partial charge in [-0.05, 0) is 68.3 Å². The Balaban J connectivity index is 1.62. The molecule has 1 aromatic heterocycles. The highest BCUT2D eigenvalue weighted by Crippen LogP contribution is 2.36. The highest BCUT2D eigenvalue weighted by atomic mass is 32.1. The standard InChI is InChI=1S/C19H24N2S/c1-13-3-2-4-14-5-6-16(11-17(13)14)18-12-22-19(21-18)15-7-9-20-10-8-15/h5-6,11-13,15,20H,2-4,7-10H2,1H3. The van der Waals surface area contributed by atoms with E-state index >= 15 is 0 Å². The summed E-state index contributed by atoms with van der Waals surface area (Å²) in [4.78, 5) is 4.97. The topological polar surface area (TPSA) is 24.9 Å². The van der Waals surface area contributed by atoms with Crippen LogP contribution in [-0.2, 0) is 6.42 Å². The van der Waals surface area contributed by atoms with E-state index in [0.717, 1.165) is 13.1 Å². The van der Waals surface area contributed by atoms with Crippen LogP contribution in [0.5, 0.6) is 0 Å². The number of nitrogens with one attached hydrogen (secondary N) is 1. The van der Waals surface area contributed by atoms with Crippen molar-refractivity contribution in [3.05, 3.63) is 39.7 Å². The lowest BCUT2D eigenvalue weighted by atomic mass is 9.83. The SMILES string of the molecule is CC1CCCc2ccc(-c3csc(C4CCNCC4)n3)cc21. The maximum Gasteiger partial charge on any atom is 0.0964 e. The fourth-order valence-electron chi connectivity index (χ4n) is 3.87. The molecule has 0 spiro atoms. The van der Waals surface area contributed by atoms with Gasteiger partial charge in [-0.3, -0.25) is 0 Å². The molecule has 1 aromatic carbocycles. The van der Waals surface area contributed by atoms with E-state index in [9.17, 15) is 0 Å². The minimum Gasteiger partial charge on any atom is -0.317 e. The number of hydrogen-bond acceptors (Lipinski definition) is 3. The summed E-state index contributed by atoms with van der Waals surface area (Å²) in [5.41, 5.74) is 5.60. The highest BCUT2D eigenvalue weighted by Gasteiger charge is 2.20. The van der Waals surface area contributed by atoms with E-state index in [2.05, 4.69) is 35.8 Å². The van der Waals surface area contributed by atoms with Crippen LogP contribution in [0.15, 0.2) is 23.6 Å². The zero-order chi connectivity index (χ0) is 14.9. The van der Waals surface area contributed by atoms with Gasteiger partial charge in [0.25, 0.3) is 0 Å². The zero-order valence-electron chi connectivity index (χ0n) is 13.3. The summed E-state index contributed by atoms with van der Waals surface area (Å²) in [5, 5.41) is 7.03. The van der Waals surface area contributed by atoms with Gasteiger partial charge in [-0.2, -0.15) is 0 Å². The van der Waals surface area contributed by atoms with Crippen molar-refractivity contribution in [3.8, 4) is 11.3 Å². The number of fused-ring (bicyclic) bond motifs is 1. The van der Waals surface area contributed by atoms with E-state index in [1.165, 1.54) is 48.4 Å². The summed E-state index contributed by atoms with van der Waals surface area (Å²) < 4.78 is 0. The molecule has 1 aliphatic heterocycles. The molecule has 1 aliphatic carbocycles. The summed E-state index contributed by atoms with van der Waals surface area (Å²) in [6.07, 6.45) is 6.37. The number of thiazole rings is 1. The van der Waals surface area contributed by atoms with Crippen LogP contribution in [0.1, 0.15) is 60.6 Å². The molecular weight excluding hydrogens is 288 g/mol. The quantitative estimate of drug-likeness (QED) is 0.868. The summed E-state index contributed by atoms with van der Waals surface area (Å²) in [7, 11) is 0. The van der Waals surface area contributed by atoms with Gasteiger partial charge in [0, 0.05) is 16.9 Å². The Morgan fingerprint density at radius 3 is 2.91 bits per heavy atom. The molecule has 1 N–H and O–H groups in total. The fraction of sp³-hybridized carbons (Fsp3) is 0.526. The predicted molar refractivity (Wildman–Crippen MR) is 93.7 cm³/mol. The molecule has 3 heteroatoms. The molecule has 1 unspecified atom stereocenters. The molecule has 0 bridgehead atoms. The monoisotopic (exact) mass is 312 g/mol. The Kier molecular flexibility index (Phi) is 4.01. The number of rotatable bonds is 2. The van der Waals surface area contributed by atoms with E-state index in [1.807, 2.05) is 11.3 Å². The number of aryl methyl sites for hydroxylation is 1. The molecule has 116 valence electrons. The molecule has 0 saturated carbocycles. The highest BCUT2D eigenvalue weighted by molar-refractivity contribution is 7.10. The second-order valence-corrected chi connectivity index (χ2v) is 7.69. The zero-order valence-corrected chi connectivity index (χ0v) is 14.1. The van der Waals surface area contributed by atoms with Crippen molar-refractivity contribution in [1.82, 2.24) is 10.3 Å². The Hall–Kier alpha value is -1.19. The van der Waals surface area contributed by atoms with Gasteiger partial charge in [-0.25, -0.2) is 4.98 Å². The van der Waals surface area contributed by atoms with E-state index in [1.54, 1.807) is 11.1 Å². The van der Waals surface area contributed by atoms with Crippen molar-refractivity contribution in [3.63, 3.8) is 0 Å². The average molecular weight is 312 g/mol. The van der Waals surface area contributed by atoms with Gasteiger partial charge in [0.15, 0.2) is 0 Å². The molecule has 0 radical (unpaired) electrons. The van der Waals surface area contributed by atoms with Gasteiger partial charge in [0.05, 0.1) is 10.7 Å². The van der Waals surface area contributed by atoms with Crippen molar-refractivity contribution in [1.29, 1.82) is 0 Å². The van der Waals surface area contributed by atoms with Gasteiger partial charge in [-0.15, -0.1) is 11.3 Å². The van der Waals surface area contributed by atoms with Crippen LogP contribution in [0.2, 0.25) is 0 Å². The number of nitrogens with zero attached hydrogens (tertiary/aromatic N) is 1. The van der Waals surface area contributed by atoms with Crippen molar-refractivity contribution < 1.29 is 0 Å². The second kappa shape index (κ2) is 6.13. The average Bonchev–Trinajstić information content (AvgIpc) is 3.06. The number of hydrogen-bond donors (Lipinski definition) is 1. The predicted octanol–water partition coefficient (Wildman–Crippen LogP) is 4.72. The molecule has 1 fully saturated rings. The lowest BCUT2D eigenvalue weighted by Gasteiger charge is -2.22. The van der Waals surface area contributed by atoms with Crippen LogP contribution >= 0.6 is 11.3 Å². The Morgan fingerprint density at radius 1 is 1.18 bits per heavy atom. The molecule has 2 aromatic rings. The van der Waals surface area contributed by atoms with Crippen molar-refractivity contribution in [2.75, 3.05) is 13.1 Å². The third-order valence-electron chi connectivity index (χ3n) is 5.27. The van der Waals surface area contributed by atoms with Gasteiger partial charge < -0.3 is 5.32 Å². The first-order valence-electron chi connectivity index (χ1n) is 8.60. The molecule has 2 nitrogen and oxygen atoms in total. The molecule has 22 heavy (non-hydrogen) atoms. The maximum atomic E-state index is 4.97. The van der Waals surface area contributed by atoms with Gasteiger partial charge in [0.1, 0.15) is 0 Å². The lowest BCUT2D eigenvalue weighted by molar-refractivity contribution is 0.459. The number of aromatic nitrogens is 1. The Labute approximate surface area is 137 Å². The second-order valence-electron chi connectivity index (χ2n) is 6.80. The van der Waals surface area contributed by atoms with Crippen LogP contribution in [0.3, 0.4) is 0 Å². The molecule has 2 aliphatic rings. The van der Waals surface area contributed by atoms with E-state index in [0.29, 0.717) is 11.8 Å². The van der Waals surface area contributed by atoms with Crippen molar-refractivity contribution in [2.45, 2.75) is 50.9 Å². The minimum absolute atomic E-state index is 0.663. The third-order valence-corrected chi connectivity index (χ3v) is 6.27. The van der Waals surface area contributed by atoms with Crippen molar-refractivity contribution >= 4 is 11.3 Å². The minimum atomic E-state index is 0.663. The normalized spacial score (nSPS) is 22.5. The van der Waals surface area contributed by atoms with Gasteiger partial charge >= 0.3 is 0 Å². The van der Waals surface area contributed by atoms with Crippen LogP contribution in [0, 0.1) is 0 Å². The Bertz CT molecular complexity index is 655. The lowest BCUT2D eigenvalue weighted by Crippen LogP contribution is -2.26. The largest absolute Gasteiger partial charge is 0.317 e. The smallest absolute Gasteiger partial charge is 0.0964 e. The first-order chi connectivity index (χ1) is 10.8. The van der Waals surface area contributed by atoms with Crippen LogP contribution in [-0.4, -0.2) is 18.1 Å². The third kappa shape index (κ3) is 2.72. The van der Waals surface area contributed by atoms with Gasteiger partial charge in [0.2, 0.25) is 0 Å². The molecule has 1 saturated heterocycles. The number of piperidine rings is 1. The van der Waals surface area contributed by atoms with Gasteiger partial charge in [-0.1, -0.05) is 19.1 Å². The molecule has 2 heterocycles. The van der Waals surface area contributed by atoms with Crippen molar-refractivity contribution in [2.24, 2.45) is 0 Å².